The lowest BCUT2D eigenvalue weighted by Crippen LogP contribution is -2.40. The molecule has 5 heteroatoms. The maximum atomic E-state index is 12.1. The fraction of sp³-hybridized carbons (Fsp3) is 0.444. The predicted molar refractivity (Wildman–Crippen MR) is 91.3 cm³/mol. The molecule has 3 rings (SSSR count). The van der Waals surface area contributed by atoms with Gasteiger partial charge in [0, 0.05) is 24.1 Å². The summed E-state index contributed by atoms with van der Waals surface area (Å²) in [6.07, 6.45) is 8.35. The molecular weight excluding hydrogens is 288 g/mol. The van der Waals surface area contributed by atoms with Gasteiger partial charge in [0.15, 0.2) is 0 Å². The zero-order valence-corrected chi connectivity index (χ0v) is 13.5. The number of hydrogen-bond donors (Lipinski definition) is 2. The third-order valence-electron chi connectivity index (χ3n) is 4.39. The Morgan fingerprint density at radius 2 is 2.13 bits per heavy atom. The smallest absolute Gasteiger partial charge is 0.319 e. The van der Waals surface area contributed by atoms with Gasteiger partial charge < -0.3 is 10.6 Å². The van der Waals surface area contributed by atoms with Crippen molar-refractivity contribution in [2.45, 2.75) is 45.2 Å². The van der Waals surface area contributed by atoms with Gasteiger partial charge in [-0.2, -0.15) is 5.10 Å². The topological polar surface area (TPSA) is 59.0 Å². The van der Waals surface area contributed by atoms with E-state index in [1.165, 1.54) is 12.8 Å². The number of nitrogens with zero attached hydrogens (tertiary/aromatic N) is 2. The molecule has 1 aliphatic rings. The van der Waals surface area contributed by atoms with E-state index in [1.54, 1.807) is 6.20 Å². The van der Waals surface area contributed by atoms with E-state index in [1.807, 2.05) is 41.2 Å². The monoisotopic (exact) mass is 312 g/mol. The number of carbonyl (C=O) groups excluding carboxylic acids is 1. The van der Waals surface area contributed by atoms with Gasteiger partial charge in [-0.3, -0.25) is 4.68 Å². The number of hydrogen-bond acceptors (Lipinski definition) is 2. The Kier molecular flexibility index (Phi) is 4.95. The standard InChI is InChI=1S/C18H24N4O/c1-14-4-2-5-17(12-14)21-18(23)20-16-8-6-15(7-9-16)13-22-11-3-10-19-22/h3,6-11,14,17H,2,4-5,12-13H2,1H3,(H2,20,21,23). The molecule has 1 aliphatic carbocycles. The van der Waals surface area contributed by atoms with Crippen LogP contribution in [0.2, 0.25) is 0 Å². The van der Waals surface area contributed by atoms with Crippen molar-refractivity contribution in [3.8, 4) is 0 Å². The van der Waals surface area contributed by atoms with E-state index in [0.29, 0.717) is 12.0 Å². The average Bonchev–Trinajstić information content (AvgIpc) is 3.02. The number of nitrogens with one attached hydrogen (secondary N) is 2. The van der Waals surface area contributed by atoms with Crippen molar-refractivity contribution in [2.24, 2.45) is 5.92 Å². The average molecular weight is 312 g/mol. The van der Waals surface area contributed by atoms with Crippen LogP contribution in [0.1, 0.15) is 38.2 Å². The minimum atomic E-state index is -0.107. The van der Waals surface area contributed by atoms with Gasteiger partial charge in [0.05, 0.1) is 6.54 Å². The maximum absolute atomic E-state index is 12.1. The van der Waals surface area contributed by atoms with Crippen molar-refractivity contribution >= 4 is 11.7 Å². The molecule has 2 N–H and O–H groups in total. The van der Waals surface area contributed by atoms with Crippen LogP contribution < -0.4 is 10.6 Å². The Morgan fingerprint density at radius 3 is 2.83 bits per heavy atom. The highest BCUT2D eigenvalue weighted by molar-refractivity contribution is 5.89. The summed E-state index contributed by atoms with van der Waals surface area (Å²) in [6.45, 7) is 2.99. The summed E-state index contributed by atoms with van der Waals surface area (Å²) in [5.41, 5.74) is 1.97. The number of anilines is 1. The van der Waals surface area contributed by atoms with Gasteiger partial charge >= 0.3 is 6.03 Å². The van der Waals surface area contributed by atoms with Crippen LogP contribution in [-0.2, 0) is 6.54 Å². The number of aromatic nitrogens is 2. The highest BCUT2D eigenvalue weighted by Gasteiger charge is 2.20. The number of benzene rings is 1. The molecule has 2 unspecified atom stereocenters. The summed E-state index contributed by atoms with van der Waals surface area (Å²) in [4.78, 5) is 12.1. The molecular formula is C18H24N4O. The van der Waals surface area contributed by atoms with Crippen molar-refractivity contribution < 1.29 is 4.79 Å². The largest absolute Gasteiger partial charge is 0.335 e. The zero-order chi connectivity index (χ0) is 16.1. The minimum Gasteiger partial charge on any atom is -0.335 e. The Labute approximate surface area is 137 Å². The molecule has 2 atom stereocenters. The van der Waals surface area contributed by atoms with Crippen LogP contribution in [0.25, 0.3) is 0 Å². The first kappa shape index (κ1) is 15.6. The number of carbonyl (C=O) groups is 1. The van der Waals surface area contributed by atoms with Gasteiger partial charge in [-0.05, 0) is 42.5 Å². The van der Waals surface area contributed by atoms with Crippen molar-refractivity contribution in [3.05, 3.63) is 48.3 Å². The van der Waals surface area contributed by atoms with E-state index in [0.717, 1.165) is 30.6 Å². The molecule has 1 saturated carbocycles. The second kappa shape index (κ2) is 7.31. The first-order valence-electron chi connectivity index (χ1n) is 8.33. The lowest BCUT2D eigenvalue weighted by Gasteiger charge is -2.27. The van der Waals surface area contributed by atoms with E-state index in [2.05, 4.69) is 22.7 Å². The van der Waals surface area contributed by atoms with E-state index in [-0.39, 0.29) is 6.03 Å². The Hall–Kier alpha value is -2.30. The molecule has 2 amide bonds. The Morgan fingerprint density at radius 1 is 1.30 bits per heavy atom. The van der Waals surface area contributed by atoms with Crippen molar-refractivity contribution in [1.29, 1.82) is 0 Å². The quantitative estimate of drug-likeness (QED) is 0.905. The van der Waals surface area contributed by atoms with Crippen molar-refractivity contribution in [3.63, 3.8) is 0 Å². The second-order valence-electron chi connectivity index (χ2n) is 6.47. The first-order chi connectivity index (χ1) is 11.2. The molecule has 0 radical (unpaired) electrons. The third-order valence-corrected chi connectivity index (χ3v) is 4.39. The molecule has 0 saturated heterocycles. The molecule has 1 heterocycles. The molecule has 1 aromatic carbocycles. The molecule has 0 spiro atoms. The molecule has 5 nitrogen and oxygen atoms in total. The molecule has 0 bridgehead atoms. The van der Waals surface area contributed by atoms with Crippen LogP contribution in [0.15, 0.2) is 42.7 Å². The van der Waals surface area contributed by atoms with Crippen molar-refractivity contribution in [1.82, 2.24) is 15.1 Å². The van der Waals surface area contributed by atoms with E-state index in [4.69, 9.17) is 0 Å². The van der Waals surface area contributed by atoms with Crippen LogP contribution in [0.5, 0.6) is 0 Å². The van der Waals surface area contributed by atoms with Crippen LogP contribution in [-0.4, -0.2) is 21.9 Å². The zero-order valence-electron chi connectivity index (χ0n) is 13.5. The van der Waals surface area contributed by atoms with Gasteiger partial charge in [-0.1, -0.05) is 31.9 Å². The fourth-order valence-corrected chi connectivity index (χ4v) is 3.19. The maximum Gasteiger partial charge on any atom is 0.319 e. The summed E-state index contributed by atoms with van der Waals surface area (Å²) >= 11 is 0. The van der Waals surface area contributed by atoms with Gasteiger partial charge in [-0.25, -0.2) is 4.79 Å². The lowest BCUT2D eigenvalue weighted by molar-refractivity contribution is 0.238. The van der Waals surface area contributed by atoms with E-state index >= 15 is 0 Å². The highest BCUT2D eigenvalue weighted by atomic mass is 16.2. The summed E-state index contributed by atoms with van der Waals surface area (Å²) in [5.74, 6) is 0.704. The van der Waals surface area contributed by atoms with E-state index in [9.17, 15) is 4.79 Å². The molecule has 23 heavy (non-hydrogen) atoms. The molecule has 0 aliphatic heterocycles. The van der Waals surface area contributed by atoms with Crippen LogP contribution in [0.4, 0.5) is 10.5 Å². The normalized spacial score (nSPS) is 20.9. The van der Waals surface area contributed by atoms with E-state index < -0.39 is 0 Å². The van der Waals surface area contributed by atoms with Gasteiger partial charge in [-0.15, -0.1) is 0 Å². The summed E-state index contributed by atoms with van der Waals surface area (Å²) in [7, 11) is 0. The summed E-state index contributed by atoms with van der Waals surface area (Å²) in [5, 5.41) is 10.2. The van der Waals surface area contributed by atoms with Gasteiger partial charge in [0.25, 0.3) is 0 Å². The lowest BCUT2D eigenvalue weighted by atomic mass is 9.87. The Bertz CT molecular complexity index is 621. The number of amides is 2. The van der Waals surface area contributed by atoms with Gasteiger partial charge in [0.2, 0.25) is 0 Å². The predicted octanol–water partition coefficient (Wildman–Crippen LogP) is 3.63. The second-order valence-corrected chi connectivity index (χ2v) is 6.47. The number of urea groups is 1. The van der Waals surface area contributed by atoms with Crippen LogP contribution in [0.3, 0.4) is 0 Å². The fourth-order valence-electron chi connectivity index (χ4n) is 3.19. The van der Waals surface area contributed by atoms with Crippen LogP contribution >= 0.6 is 0 Å². The van der Waals surface area contributed by atoms with Gasteiger partial charge in [0.1, 0.15) is 0 Å². The SMILES string of the molecule is CC1CCCC(NC(=O)Nc2ccc(Cn3cccn3)cc2)C1. The first-order valence-corrected chi connectivity index (χ1v) is 8.33. The summed E-state index contributed by atoms with van der Waals surface area (Å²) in [6, 6.07) is 10.00. The van der Waals surface area contributed by atoms with Crippen molar-refractivity contribution in [2.75, 3.05) is 5.32 Å². The molecule has 2 aromatic rings. The van der Waals surface area contributed by atoms with Crippen LogP contribution in [0, 0.1) is 5.92 Å². The minimum absolute atomic E-state index is 0.107. The molecule has 1 aromatic heterocycles. The third kappa shape index (κ3) is 4.58. The number of rotatable bonds is 4. The Balaban J connectivity index is 1.50. The summed E-state index contributed by atoms with van der Waals surface area (Å²) < 4.78 is 1.87. The molecule has 122 valence electrons. The highest BCUT2D eigenvalue weighted by Crippen LogP contribution is 2.23. The molecule has 1 fully saturated rings.